The van der Waals surface area contributed by atoms with E-state index < -0.39 is 0 Å². The van der Waals surface area contributed by atoms with Gasteiger partial charge in [0.2, 0.25) is 0 Å². The fourth-order valence-electron chi connectivity index (χ4n) is 1.67. The molecule has 2 rings (SSSR count). The van der Waals surface area contributed by atoms with E-state index >= 15 is 0 Å². The van der Waals surface area contributed by atoms with Gasteiger partial charge in [0.25, 0.3) is 0 Å². The molecular weight excluding hydrogens is 209 g/mol. The minimum absolute atomic E-state index is 0.208. The number of carbonyl (C=O) groups is 1. The average Bonchev–Trinajstić information content (AvgIpc) is 2.61. The second-order valence-corrected chi connectivity index (χ2v) is 3.49. The van der Waals surface area contributed by atoms with Gasteiger partial charge in [-0.3, -0.25) is 4.79 Å². The monoisotopic (exact) mass is 221 g/mol. The van der Waals surface area contributed by atoms with Gasteiger partial charge in [-0.05, 0) is 30.7 Å². The summed E-state index contributed by atoms with van der Waals surface area (Å²) in [5.41, 5.74) is 1.52. The first-order valence-electron chi connectivity index (χ1n) is 5.12. The van der Waals surface area contributed by atoms with Crippen molar-refractivity contribution >= 4 is 16.9 Å². The Hall–Kier alpha value is -1.84. The molecule has 16 heavy (non-hydrogen) atoms. The van der Waals surface area contributed by atoms with Crippen LogP contribution in [-0.4, -0.2) is 17.6 Å². The molecule has 3 nitrogen and oxygen atoms in total. The molecule has 0 atom stereocenters. The zero-order valence-electron chi connectivity index (χ0n) is 8.92. The number of aromatic nitrogens is 1. The number of aromatic amines is 1. The van der Waals surface area contributed by atoms with Crippen molar-refractivity contribution < 1.29 is 13.9 Å². The summed E-state index contributed by atoms with van der Waals surface area (Å²) < 4.78 is 17.8. The summed E-state index contributed by atoms with van der Waals surface area (Å²) in [6, 6.07) is 4.45. The van der Waals surface area contributed by atoms with E-state index in [0.717, 1.165) is 10.9 Å². The summed E-state index contributed by atoms with van der Waals surface area (Å²) in [6.45, 7) is 2.14. The molecule has 0 fully saturated rings. The molecule has 0 spiro atoms. The van der Waals surface area contributed by atoms with Gasteiger partial charge in [0.1, 0.15) is 5.82 Å². The zero-order chi connectivity index (χ0) is 11.5. The van der Waals surface area contributed by atoms with Crippen molar-refractivity contribution in [1.29, 1.82) is 0 Å². The van der Waals surface area contributed by atoms with Gasteiger partial charge < -0.3 is 9.72 Å². The first-order valence-corrected chi connectivity index (χ1v) is 5.12. The van der Waals surface area contributed by atoms with Crippen LogP contribution in [0.15, 0.2) is 24.4 Å². The molecule has 0 amide bonds. The van der Waals surface area contributed by atoms with Crippen LogP contribution in [0, 0.1) is 5.82 Å². The number of nitrogens with one attached hydrogen (secondary N) is 1. The van der Waals surface area contributed by atoms with Gasteiger partial charge in [-0.2, -0.15) is 0 Å². The molecule has 0 unspecified atom stereocenters. The quantitative estimate of drug-likeness (QED) is 0.809. The van der Waals surface area contributed by atoms with Gasteiger partial charge in [0.05, 0.1) is 13.0 Å². The summed E-state index contributed by atoms with van der Waals surface area (Å²) in [5.74, 6) is -0.565. The van der Waals surface area contributed by atoms with E-state index in [-0.39, 0.29) is 18.2 Å². The number of benzene rings is 1. The molecule has 1 aromatic heterocycles. The maximum Gasteiger partial charge on any atom is 0.310 e. The van der Waals surface area contributed by atoms with Gasteiger partial charge in [0.15, 0.2) is 0 Å². The number of halogens is 1. The Morgan fingerprint density at radius 1 is 1.50 bits per heavy atom. The largest absolute Gasteiger partial charge is 0.466 e. The SMILES string of the molecule is CCOC(=O)Cc1c[nH]c2cc(F)ccc12. The smallest absolute Gasteiger partial charge is 0.310 e. The number of rotatable bonds is 3. The number of hydrogen-bond donors (Lipinski definition) is 1. The Morgan fingerprint density at radius 2 is 2.31 bits per heavy atom. The summed E-state index contributed by atoms with van der Waals surface area (Å²) >= 11 is 0. The number of H-pyrrole nitrogens is 1. The van der Waals surface area contributed by atoms with Crippen molar-refractivity contribution in [2.45, 2.75) is 13.3 Å². The Bertz CT molecular complexity index is 519. The fraction of sp³-hybridized carbons (Fsp3) is 0.250. The Labute approximate surface area is 92.2 Å². The molecule has 0 aliphatic rings. The summed E-state index contributed by atoms with van der Waals surface area (Å²) in [7, 11) is 0. The number of esters is 1. The number of carbonyl (C=O) groups excluding carboxylic acids is 1. The lowest BCUT2D eigenvalue weighted by molar-refractivity contribution is -0.142. The maximum absolute atomic E-state index is 12.9. The molecule has 1 N–H and O–H groups in total. The van der Waals surface area contributed by atoms with Crippen molar-refractivity contribution in [1.82, 2.24) is 4.98 Å². The highest BCUT2D eigenvalue weighted by molar-refractivity contribution is 5.87. The van der Waals surface area contributed by atoms with E-state index in [9.17, 15) is 9.18 Å². The molecule has 0 saturated heterocycles. The molecule has 1 aromatic carbocycles. The van der Waals surface area contributed by atoms with Crippen LogP contribution in [0.3, 0.4) is 0 Å². The average molecular weight is 221 g/mol. The summed E-state index contributed by atoms with van der Waals surface area (Å²) in [5, 5.41) is 0.856. The van der Waals surface area contributed by atoms with Crippen LogP contribution in [-0.2, 0) is 16.0 Å². The van der Waals surface area contributed by atoms with Crippen LogP contribution < -0.4 is 0 Å². The molecule has 0 saturated carbocycles. The lowest BCUT2D eigenvalue weighted by Crippen LogP contribution is -2.06. The molecule has 0 bridgehead atoms. The highest BCUT2D eigenvalue weighted by Gasteiger charge is 2.09. The Balaban J connectivity index is 2.28. The van der Waals surface area contributed by atoms with E-state index in [2.05, 4.69) is 4.98 Å². The zero-order valence-corrected chi connectivity index (χ0v) is 8.92. The van der Waals surface area contributed by atoms with Crippen molar-refractivity contribution in [3.8, 4) is 0 Å². The molecular formula is C12H12FNO2. The van der Waals surface area contributed by atoms with Crippen molar-refractivity contribution in [3.63, 3.8) is 0 Å². The third-order valence-electron chi connectivity index (χ3n) is 2.37. The third-order valence-corrected chi connectivity index (χ3v) is 2.37. The standard InChI is InChI=1S/C12H12FNO2/c1-2-16-12(15)5-8-7-14-11-6-9(13)3-4-10(8)11/h3-4,6-7,14H,2,5H2,1H3. The fourth-order valence-corrected chi connectivity index (χ4v) is 1.67. The predicted octanol–water partition coefficient (Wildman–Crippen LogP) is 2.41. The number of ether oxygens (including phenoxy) is 1. The molecule has 1 heterocycles. The Kier molecular flexibility index (Phi) is 2.90. The van der Waals surface area contributed by atoms with Gasteiger partial charge in [-0.1, -0.05) is 0 Å². The van der Waals surface area contributed by atoms with Crippen LogP contribution in [0.4, 0.5) is 4.39 Å². The molecule has 4 heteroatoms. The normalized spacial score (nSPS) is 10.6. The third kappa shape index (κ3) is 2.05. The topological polar surface area (TPSA) is 42.1 Å². The molecule has 2 aromatic rings. The van der Waals surface area contributed by atoms with E-state index in [4.69, 9.17) is 4.74 Å². The second kappa shape index (κ2) is 4.35. The van der Waals surface area contributed by atoms with Crippen LogP contribution >= 0.6 is 0 Å². The lowest BCUT2D eigenvalue weighted by Gasteiger charge is -2.00. The van der Waals surface area contributed by atoms with E-state index in [0.29, 0.717) is 12.1 Å². The first-order chi connectivity index (χ1) is 7.70. The number of hydrogen-bond acceptors (Lipinski definition) is 2. The van der Waals surface area contributed by atoms with Gasteiger partial charge in [-0.25, -0.2) is 4.39 Å². The van der Waals surface area contributed by atoms with Crippen molar-refractivity contribution in [2.24, 2.45) is 0 Å². The second-order valence-electron chi connectivity index (χ2n) is 3.49. The predicted molar refractivity (Wildman–Crippen MR) is 58.6 cm³/mol. The summed E-state index contributed by atoms with van der Waals surface area (Å²) in [4.78, 5) is 14.2. The lowest BCUT2D eigenvalue weighted by atomic mass is 10.1. The van der Waals surface area contributed by atoms with E-state index in [1.165, 1.54) is 12.1 Å². The minimum Gasteiger partial charge on any atom is -0.466 e. The maximum atomic E-state index is 12.9. The van der Waals surface area contributed by atoms with Crippen LogP contribution in [0.25, 0.3) is 10.9 Å². The molecule has 0 radical (unpaired) electrons. The van der Waals surface area contributed by atoms with Gasteiger partial charge >= 0.3 is 5.97 Å². The van der Waals surface area contributed by atoms with Gasteiger partial charge in [0, 0.05) is 17.1 Å². The molecule has 0 aliphatic carbocycles. The first kappa shape index (κ1) is 10.7. The molecule has 84 valence electrons. The molecule has 0 aliphatic heterocycles. The number of fused-ring (bicyclic) bond motifs is 1. The van der Waals surface area contributed by atoms with E-state index in [1.807, 2.05) is 0 Å². The van der Waals surface area contributed by atoms with E-state index in [1.54, 1.807) is 19.2 Å². The van der Waals surface area contributed by atoms with Crippen molar-refractivity contribution in [2.75, 3.05) is 6.61 Å². The summed E-state index contributed by atoms with van der Waals surface area (Å²) in [6.07, 6.45) is 1.92. The van der Waals surface area contributed by atoms with Crippen LogP contribution in [0.1, 0.15) is 12.5 Å². The minimum atomic E-state index is -0.294. The highest BCUT2D eigenvalue weighted by atomic mass is 19.1. The van der Waals surface area contributed by atoms with Gasteiger partial charge in [-0.15, -0.1) is 0 Å². The van der Waals surface area contributed by atoms with Crippen molar-refractivity contribution in [3.05, 3.63) is 35.8 Å². The highest BCUT2D eigenvalue weighted by Crippen LogP contribution is 2.19. The van der Waals surface area contributed by atoms with Crippen LogP contribution in [0.2, 0.25) is 0 Å². The van der Waals surface area contributed by atoms with Crippen LogP contribution in [0.5, 0.6) is 0 Å². The Morgan fingerprint density at radius 3 is 3.06 bits per heavy atom.